The quantitative estimate of drug-likeness (QED) is 0.753. The van der Waals surface area contributed by atoms with Gasteiger partial charge in [0.25, 0.3) is 0 Å². The fraction of sp³-hybridized carbons (Fsp3) is 0.917. The molecule has 0 aromatic carbocycles. The van der Waals surface area contributed by atoms with Gasteiger partial charge in [0.2, 0.25) is 0 Å². The van der Waals surface area contributed by atoms with Crippen LogP contribution < -0.4 is 5.32 Å². The molecule has 0 aliphatic heterocycles. The Bertz CT molecular complexity index is 259. The van der Waals surface area contributed by atoms with Crippen molar-refractivity contribution in [3.8, 4) is 0 Å². The van der Waals surface area contributed by atoms with Crippen LogP contribution in [0.3, 0.4) is 0 Å². The van der Waals surface area contributed by atoms with Gasteiger partial charge in [-0.2, -0.15) is 13.2 Å². The summed E-state index contributed by atoms with van der Waals surface area (Å²) in [6.07, 6.45) is -4.45. The summed E-state index contributed by atoms with van der Waals surface area (Å²) in [6, 6.07) is -0.139. The van der Waals surface area contributed by atoms with E-state index in [9.17, 15) is 18.0 Å². The number of rotatable bonds is 6. The summed E-state index contributed by atoms with van der Waals surface area (Å²) < 4.78 is 40.8. The third kappa shape index (κ3) is 11.7. The lowest BCUT2D eigenvalue weighted by Gasteiger charge is -2.20. The number of hydrogen-bond donors (Lipinski definition) is 1. The van der Waals surface area contributed by atoms with Gasteiger partial charge in [-0.3, -0.25) is 4.79 Å². The van der Waals surface area contributed by atoms with Crippen LogP contribution in [0.15, 0.2) is 0 Å². The van der Waals surface area contributed by atoms with Gasteiger partial charge in [0.05, 0.1) is 6.54 Å². The highest BCUT2D eigenvalue weighted by molar-refractivity contribution is 5.72. The van der Waals surface area contributed by atoms with E-state index < -0.39 is 24.2 Å². The fourth-order valence-corrected chi connectivity index (χ4v) is 1.35. The molecule has 0 aromatic heterocycles. The normalized spacial score (nSPS) is 14.4. The number of alkyl halides is 3. The Morgan fingerprint density at radius 3 is 2.28 bits per heavy atom. The molecule has 0 radical (unpaired) electrons. The van der Waals surface area contributed by atoms with Crippen molar-refractivity contribution in [2.24, 2.45) is 0 Å². The lowest BCUT2D eigenvalue weighted by Crippen LogP contribution is -2.35. The van der Waals surface area contributed by atoms with Gasteiger partial charge in [-0.25, -0.2) is 0 Å². The highest BCUT2D eigenvalue weighted by atomic mass is 19.4. The Morgan fingerprint density at radius 2 is 1.83 bits per heavy atom. The van der Waals surface area contributed by atoms with Crippen LogP contribution in [-0.2, 0) is 9.53 Å². The zero-order chi connectivity index (χ0) is 14.4. The maximum Gasteiger partial charge on any atom is 0.389 e. The van der Waals surface area contributed by atoms with Gasteiger partial charge in [-0.1, -0.05) is 0 Å². The maximum atomic E-state index is 11.9. The maximum absolute atomic E-state index is 11.9. The first-order valence-corrected chi connectivity index (χ1v) is 6.01. The summed E-state index contributed by atoms with van der Waals surface area (Å²) in [7, 11) is 0. The molecule has 3 nitrogen and oxygen atoms in total. The van der Waals surface area contributed by atoms with E-state index in [2.05, 4.69) is 5.32 Å². The SMILES string of the molecule is CC(CCCC(F)(F)F)NCC(=O)OC(C)(C)C. The molecule has 18 heavy (non-hydrogen) atoms. The van der Waals surface area contributed by atoms with Crippen molar-refractivity contribution < 1.29 is 22.7 Å². The molecule has 0 amide bonds. The van der Waals surface area contributed by atoms with Crippen LogP contribution in [0.5, 0.6) is 0 Å². The molecule has 0 heterocycles. The van der Waals surface area contributed by atoms with Crippen LogP contribution in [0.25, 0.3) is 0 Å². The molecule has 1 N–H and O–H groups in total. The standard InChI is InChI=1S/C12H22F3NO2/c1-9(6-5-7-12(13,14)15)16-8-10(17)18-11(2,3)4/h9,16H,5-8H2,1-4H3. The van der Waals surface area contributed by atoms with Gasteiger partial charge in [0, 0.05) is 12.5 Å². The minimum atomic E-state index is -4.11. The first-order chi connectivity index (χ1) is 7.99. The topological polar surface area (TPSA) is 38.3 Å². The Hall–Kier alpha value is -0.780. The molecule has 0 saturated carbocycles. The molecule has 1 atom stereocenters. The second-order valence-electron chi connectivity index (χ2n) is 5.38. The Labute approximate surface area is 106 Å². The lowest BCUT2D eigenvalue weighted by atomic mass is 10.1. The Morgan fingerprint density at radius 1 is 1.28 bits per heavy atom. The van der Waals surface area contributed by atoms with Gasteiger partial charge < -0.3 is 10.1 Å². The third-order valence-corrected chi connectivity index (χ3v) is 2.11. The van der Waals surface area contributed by atoms with Crippen molar-refractivity contribution >= 4 is 5.97 Å². The fourth-order valence-electron chi connectivity index (χ4n) is 1.35. The molecule has 0 bridgehead atoms. The molecular formula is C12H22F3NO2. The summed E-state index contributed by atoms with van der Waals surface area (Å²) in [5, 5.41) is 2.85. The second-order valence-corrected chi connectivity index (χ2v) is 5.38. The lowest BCUT2D eigenvalue weighted by molar-refractivity contribution is -0.153. The number of ether oxygens (including phenoxy) is 1. The highest BCUT2D eigenvalue weighted by Crippen LogP contribution is 2.22. The van der Waals surface area contributed by atoms with Crippen LogP contribution in [0, 0.1) is 0 Å². The van der Waals surface area contributed by atoms with Crippen LogP contribution >= 0.6 is 0 Å². The first-order valence-electron chi connectivity index (χ1n) is 6.01. The van der Waals surface area contributed by atoms with Crippen molar-refractivity contribution in [2.45, 2.75) is 64.8 Å². The van der Waals surface area contributed by atoms with Crippen molar-refractivity contribution in [3.63, 3.8) is 0 Å². The zero-order valence-corrected chi connectivity index (χ0v) is 11.4. The van der Waals surface area contributed by atoms with Crippen molar-refractivity contribution in [1.29, 1.82) is 0 Å². The van der Waals surface area contributed by atoms with E-state index >= 15 is 0 Å². The predicted molar refractivity (Wildman–Crippen MR) is 63.2 cm³/mol. The number of halogens is 3. The molecule has 108 valence electrons. The summed E-state index contributed by atoms with van der Waals surface area (Å²) in [6.45, 7) is 7.05. The number of hydrogen-bond acceptors (Lipinski definition) is 3. The summed E-state index contributed by atoms with van der Waals surface area (Å²) >= 11 is 0. The number of carbonyl (C=O) groups excluding carboxylic acids is 1. The molecule has 0 aromatic rings. The van der Waals surface area contributed by atoms with E-state index in [1.54, 1.807) is 27.7 Å². The van der Waals surface area contributed by atoms with E-state index in [4.69, 9.17) is 4.74 Å². The Kier molecular flexibility index (Phi) is 6.67. The molecule has 0 spiro atoms. The molecule has 0 saturated heterocycles. The number of nitrogens with one attached hydrogen (secondary N) is 1. The number of carbonyl (C=O) groups is 1. The third-order valence-electron chi connectivity index (χ3n) is 2.11. The summed E-state index contributed by atoms with van der Waals surface area (Å²) in [5.74, 6) is -0.398. The van der Waals surface area contributed by atoms with E-state index in [-0.39, 0.29) is 19.0 Å². The van der Waals surface area contributed by atoms with E-state index in [1.165, 1.54) is 0 Å². The number of esters is 1. The van der Waals surface area contributed by atoms with Crippen molar-refractivity contribution in [3.05, 3.63) is 0 Å². The van der Waals surface area contributed by atoms with Gasteiger partial charge >= 0.3 is 12.1 Å². The largest absolute Gasteiger partial charge is 0.459 e. The molecule has 0 rings (SSSR count). The van der Waals surface area contributed by atoms with Gasteiger partial charge in [0.15, 0.2) is 0 Å². The van der Waals surface area contributed by atoms with Gasteiger partial charge in [-0.05, 0) is 40.5 Å². The minimum Gasteiger partial charge on any atom is -0.459 e. The van der Waals surface area contributed by atoms with Crippen LogP contribution in [0.2, 0.25) is 0 Å². The van der Waals surface area contributed by atoms with Crippen molar-refractivity contribution in [2.75, 3.05) is 6.54 Å². The smallest absolute Gasteiger partial charge is 0.389 e. The molecule has 0 aliphatic carbocycles. The van der Waals surface area contributed by atoms with Crippen LogP contribution in [0.4, 0.5) is 13.2 Å². The molecule has 0 aliphatic rings. The average molecular weight is 269 g/mol. The van der Waals surface area contributed by atoms with Gasteiger partial charge in [0.1, 0.15) is 5.60 Å². The monoisotopic (exact) mass is 269 g/mol. The van der Waals surface area contributed by atoms with E-state index in [0.717, 1.165) is 0 Å². The van der Waals surface area contributed by atoms with E-state index in [0.29, 0.717) is 6.42 Å². The second kappa shape index (κ2) is 6.97. The van der Waals surface area contributed by atoms with Crippen LogP contribution in [-0.4, -0.2) is 30.3 Å². The van der Waals surface area contributed by atoms with Gasteiger partial charge in [-0.15, -0.1) is 0 Å². The average Bonchev–Trinajstić information content (AvgIpc) is 2.09. The van der Waals surface area contributed by atoms with Crippen LogP contribution in [0.1, 0.15) is 47.0 Å². The highest BCUT2D eigenvalue weighted by Gasteiger charge is 2.26. The first kappa shape index (κ1) is 17.2. The molecular weight excluding hydrogens is 247 g/mol. The van der Waals surface area contributed by atoms with Crippen molar-refractivity contribution in [1.82, 2.24) is 5.32 Å². The molecule has 1 unspecified atom stereocenters. The summed E-state index contributed by atoms with van der Waals surface area (Å²) in [4.78, 5) is 11.3. The molecule has 6 heteroatoms. The predicted octanol–water partition coefficient (Wildman–Crippen LogP) is 3.04. The zero-order valence-electron chi connectivity index (χ0n) is 11.4. The van der Waals surface area contributed by atoms with E-state index in [1.807, 2.05) is 0 Å². The Balaban J connectivity index is 3.71. The molecule has 0 fully saturated rings. The summed E-state index contributed by atoms with van der Waals surface area (Å²) in [5.41, 5.74) is -0.543. The minimum absolute atomic E-state index is 0.0183.